The van der Waals surface area contributed by atoms with E-state index in [4.69, 9.17) is 0 Å². The van der Waals surface area contributed by atoms with Gasteiger partial charge in [0, 0.05) is 55.9 Å². The predicted octanol–water partition coefficient (Wildman–Crippen LogP) is 1.64. The molecule has 0 spiro atoms. The van der Waals surface area contributed by atoms with E-state index in [0.29, 0.717) is 0 Å². The predicted molar refractivity (Wildman–Crippen MR) is 80.7 cm³/mol. The Hall–Kier alpha value is -1.13. The summed E-state index contributed by atoms with van der Waals surface area (Å²) in [6.45, 7) is 10.8. The van der Waals surface area contributed by atoms with Gasteiger partial charge in [0.2, 0.25) is 0 Å². The molecule has 1 N–H and O–H groups in total. The molecule has 0 aromatic carbocycles. The summed E-state index contributed by atoms with van der Waals surface area (Å²) in [5.74, 6) is 0. The van der Waals surface area contributed by atoms with Crippen LogP contribution in [0.5, 0.6) is 0 Å². The summed E-state index contributed by atoms with van der Waals surface area (Å²) in [6.07, 6.45) is 3.20. The molecule has 4 nitrogen and oxygen atoms in total. The average Bonchev–Trinajstić information content (AvgIpc) is 2.41. The van der Waals surface area contributed by atoms with Crippen LogP contribution >= 0.6 is 0 Å². The first-order valence-electron chi connectivity index (χ1n) is 7.30. The maximum atomic E-state index is 4.45. The van der Waals surface area contributed by atoms with Crippen molar-refractivity contribution in [2.45, 2.75) is 26.8 Å². The third-order valence-electron chi connectivity index (χ3n) is 3.68. The molecule has 1 aliphatic rings. The van der Waals surface area contributed by atoms with Crippen LogP contribution in [-0.4, -0.2) is 49.7 Å². The lowest BCUT2D eigenvalue weighted by atomic mass is 10.1. The summed E-state index contributed by atoms with van der Waals surface area (Å²) in [6, 6.07) is 2.23. The number of rotatable bonds is 5. The topological polar surface area (TPSA) is 31.4 Å². The van der Waals surface area contributed by atoms with Gasteiger partial charge in [0.1, 0.15) is 0 Å². The molecule has 0 saturated carbocycles. The van der Waals surface area contributed by atoms with Crippen LogP contribution in [0.2, 0.25) is 0 Å². The first-order valence-corrected chi connectivity index (χ1v) is 7.30. The fourth-order valence-electron chi connectivity index (χ4n) is 2.45. The largest absolute Gasteiger partial charge is 0.369 e. The number of anilines is 1. The zero-order valence-corrected chi connectivity index (χ0v) is 12.4. The Bertz CT molecular complexity index is 397. The Labute approximate surface area is 116 Å². The molecule has 0 bridgehead atoms. The molecule has 0 atom stereocenters. The Kier molecular flexibility index (Phi) is 5.16. The van der Waals surface area contributed by atoms with Gasteiger partial charge in [-0.25, -0.2) is 0 Å². The molecule has 0 radical (unpaired) electrons. The van der Waals surface area contributed by atoms with Gasteiger partial charge in [-0.3, -0.25) is 4.98 Å². The molecule has 106 valence electrons. The van der Waals surface area contributed by atoms with E-state index in [-0.39, 0.29) is 0 Å². The highest BCUT2D eigenvalue weighted by atomic mass is 15.2. The highest BCUT2D eigenvalue weighted by Crippen LogP contribution is 2.22. The summed E-state index contributed by atoms with van der Waals surface area (Å²) >= 11 is 0. The molecule has 1 aromatic heterocycles. The minimum absolute atomic E-state index is 0.919. The second kappa shape index (κ2) is 6.87. The third-order valence-corrected chi connectivity index (χ3v) is 3.68. The smallest absolute Gasteiger partial charge is 0.0446 e. The van der Waals surface area contributed by atoms with E-state index >= 15 is 0 Å². The monoisotopic (exact) mass is 262 g/mol. The zero-order chi connectivity index (χ0) is 13.7. The summed E-state index contributed by atoms with van der Waals surface area (Å²) < 4.78 is 0. The number of hydrogen-bond donors (Lipinski definition) is 1. The normalized spacial score (nSPS) is 16.9. The molecule has 0 amide bonds. The molecule has 1 saturated heterocycles. The van der Waals surface area contributed by atoms with Crippen LogP contribution < -0.4 is 10.2 Å². The van der Waals surface area contributed by atoms with Gasteiger partial charge in [-0.1, -0.05) is 6.92 Å². The van der Waals surface area contributed by atoms with E-state index in [1.807, 2.05) is 6.20 Å². The van der Waals surface area contributed by atoms with Crippen LogP contribution in [-0.2, 0) is 6.54 Å². The number of piperazine rings is 1. The molecule has 1 aliphatic heterocycles. The zero-order valence-electron chi connectivity index (χ0n) is 12.4. The number of pyridine rings is 1. The second-order valence-corrected chi connectivity index (χ2v) is 5.42. The van der Waals surface area contributed by atoms with E-state index in [1.54, 1.807) is 0 Å². The summed E-state index contributed by atoms with van der Waals surface area (Å²) in [5.41, 5.74) is 3.79. The molecular formula is C15H26N4. The molecule has 1 fully saturated rings. The minimum atomic E-state index is 0.919. The Morgan fingerprint density at radius 2 is 2.00 bits per heavy atom. The van der Waals surface area contributed by atoms with Gasteiger partial charge in [0.15, 0.2) is 0 Å². The second-order valence-electron chi connectivity index (χ2n) is 5.42. The van der Waals surface area contributed by atoms with Gasteiger partial charge in [-0.15, -0.1) is 0 Å². The molecule has 0 aliphatic carbocycles. The summed E-state index contributed by atoms with van der Waals surface area (Å²) in [7, 11) is 2.19. The Morgan fingerprint density at radius 3 is 2.68 bits per heavy atom. The summed E-state index contributed by atoms with van der Waals surface area (Å²) in [4.78, 5) is 9.34. The van der Waals surface area contributed by atoms with Gasteiger partial charge in [0.05, 0.1) is 0 Å². The lowest BCUT2D eigenvalue weighted by Crippen LogP contribution is -2.45. The number of nitrogens with one attached hydrogen (secondary N) is 1. The van der Waals surface area contributed by atoms with Gasteiger partial charge in [0.25, 0.3) is 0 Å². The van der Waals surface area contributed by atoms with Crippen molar-refractivity contribution >= 4 is 5.69 Å². The van der Waals surface area contributed by atoms with E-state index in [0.717, 1.165) is 45.0 Å². The van der Waals surface area contributed by atoms with E-state index in [2.05, 4.69) is 47.1 Å². The van der Waals surface area contributed by atoms with Crippen LogP contribution in [0.1, 0.15) is 24.6 Å². The standard InChI is InChI=1S/C15H26N4/c1-4-5-16-11-14-12-17-13(2)10-15(14)19-8-6-18(3)7-9-19/h10,12,16H,4-9,11H2,1-3H3. The average molecular weight is 262 g/mol. The van der Waals surface area contributed by atoms with Crippen molar-refractivity contribution in [1.29, 1.82) is 0 Å². The highest BCUT2D eigenvalue weighted by molar-refractivity contribution is 5.54. The molecular weight excluding hydrogens is 236 g/mol. The number of nitrogens with zero attached hydrogens (tertiary/aromatic N) is 3. The van der Waals surface area contributed by atoms with Crippen molar-refractivity contribution < 1.29 is 0 Å². The molecule has 0 unspecified atom stereocenters. The van der Waals surface area contributed by atoms with Crippen LogP contribution in [0.4, 0.5) is 5.69 Å². The Balaban J connectivity index is 2.10. The molecule has 1 aromatic rings. The first kappa shape index (κ1) is 14.3. The third kappa shape index (κ3) is 3.91. The van der Waals surface area contributed by atoms with E-state index in [1.165, 1.54) is 17.7 Å². The van der Waals surface area contributed by atoms with Crippen molar-refractivity contribution in [3.63, 3.8) is 0 Å². The SMILES string of the molecule is CCCNCc1cnc(C)cc1N1CCN(C)CC1. The lowest BCUT2D eigenvalue weighted by molar-refractivity contribution is 0.312. The van der Waals surface area contributed by atoms with Gasteiger partial charge in [-0.2, -0.15) is 0 Å². The van der Waals surface area contributed by atoms with Crippen molar-refractivity contribution in [3.8, 4) is 0 Å². The lowest BCUT2D eigenvalue weighted by Gasteiger charge is -2.35. The summed E-state index contributed by atoms with van der Waals surface area (Å²) in [5, 5.41) is 3.48. The van der Waals surface area contributed by atoms with Crippen molar-refractivity contribution in [1.82, 2.24) is 15.2 Å². The van der Waals surface area contributed by atoms with Gasteiger partial charge in [-0.05, 0) is 33.0 Å². The Morgan fingerprint density at radius 1 is 1.26 bits per heavy atom. The molecule has 2 rings (SSSR count). The molecule has 19 heavy (non-hydrogen) atoms. The fraction of sp³-hybridized carbons (Fsp3) is 0.667. The van der Waals surface area contributed by atoms with Crippen LogP contribution in [0.3, 0.4) is 0 Å². The quantitative estimate of drug-likeness (QED) is 0.818. The van der Waals surface area contributed by atoms with Gasteiger partial charge >= 0.3 is 0 Å². The first-order chi connectivity index (χ1) is 9.20. The number of aromatic nitrogens is 1. The number of likely N-dealkylation sites (N-methyl/N-ethyl adjacent to an activating group) is 1. The molecule has 2 heterocycles. The molecule has 4 heteroatoms. The van der Waals surface area contributed by atoms with Crippen molar-refractivity contribution in [3.05, 3.63) is 23.5 Å². The highest BCUT2D eigenvalue weighted by Gasteiger charge is 2.17. The van der Waals surface area contributed by atoms with E-state index < -0.39 is 0 Å². The van der Waals surface area contributed by atoms with Crippen LogP contribution in [0.15, 0.2) is 12.3 Å². The van der Waals surface area contributed by atoms with Crippen molar-refractivity contribution in [2.24, 2.45) is 0 Å². The maximum absolute atomic E-state index is 4.45. The van der Waals surface area contributed by atoms with E-state index in [9.17, 15) is 0 Å². The van der Waals surface area contributed by atoms with Crippen LogP contribution in [0.25, 0.3) is 0 Å². The maximum Gasteiger partial charge on any atom is 0.0446 e. The van der Waals surface area contributed by atoms with Crippen LogP contribution in [0, 0.1) is 6.92 Å². The number of hydrogen-bond acceptors (Lipinski definition) is 4. The minimum Gasteiger partial charge on any atom is -0.369 e. The number of aryl methyl sites for hydroxylation is 1. The van der Waals surface area contributed by atoms with Gasteiger partial charge < -0.3 is 15.1 Å². The fourth-order valence-corrected chi connectivity index (χ4v) is 2.45. The van der Waals surface area contributed by atoms with Crippen molar-refractivity contribution in [2.75, 3.05) is 44.7 Å².